The summed E-state index contributed by atoms with van der Waals surface area (Å²) in [6, 6.07) is 8.62. The van der Waals surface area contributed by atoms with Crippen molar-refractivity contribution in [3.8, 4) is 23.0 Å². The average Bonchev–Trinajstić information content (AvgIpc) is 3.36. The van der Waals surface area contributed by atoms with Crippen LogP contribution in [0.15, 0.2) is 45.5 Å². The van der Waals surface area contributed by atoms with Crippen LogP contribution in [0.5, 0.6) is 0 Å². The summed E-state index contributed by atoms with van der Waals surface area (Å²) in [6.07, 6.45) is 5.89. The van der Waals surface area contributed by atoms with Crippen LogP contribution in [-0.4, -0.2) is 21.1 Å². The highest BCUT2D eigenvalue weighted by molar-refractivity contribution is 5.70. The summed E-state index contributed by atoms with van der Waals surface area (Å²) in [7, 11) is 0. The zero-order valence-electron chi connectivity index (χ0n) is 13.3. The van der Waals surface area contributed by atoms with E-state index in [2.05, 4.69) is 15.5 Å². The fourth-order valence-corrected chi connectivity index (χ4v) is 3.07. The predicted molar refractivity (Wildman–Crippen MR) is 90.0 cm³/mol. The van der Waals surface area contributed by atoms with E-state index in [1.54, 1.807) is 24.3 Å². The van der Waals surface area contributed by atoms with E-state index in [1.165, 1.54) is 12.3 Å². The van der Waals surface area contributed by atoms with Crippen molar-refractivity contribution in [2.45, 2.75) is 31.7 Å². The highest BCUT2D eigenvalue weighted by Gasteiger charge is 2.22. The lowest BCUT2D eigenvalue weighted by Crippen LogP contribution is -2.15. The predicted octanol–water partition coefficient (Wildman–Crippen LogP) is 4.26. The van der Waals surface area contributed by atoms with Gasteiger partial charge in [0.15, 0.2) is 5.76 Å². The van der Waals surface area contributed by atoms with Crippen molar-refractivity contribution in [3.05, 3.63) is 46.7 Å². The second kappa shape index (κ2) is 6.39. The molecular formula is C17H16N4O4. The summed E-state index contributed by atoms with van der Waals surface area (Å²) >= 11 is 0. The summed E-state index contributed by atoms with van der Waals surface area (Å²) in [4.78, 5) is 15.3. The van der Waals surface area contributed by atoms with Gasteiger partial charge in [-0.15, -0.1) is 0 Å². The van der Waals surface area contributed by atoms with Crippen LogP contribution in [0, 0.1) is 10.1 Å². The topological polar surface area (TPSA) is 107 Å². The number of nitro benzene ring substituents is 1. The molecule has 3 aromatic rings. The number of furan rings is 1. The molecule has 0 aliphatic heterocycles. The molecule has 2 heterocycles. The van der Waals surface area contributed by atoms with E-state index in [-0.39, 0.29) is 11.6 Å². The molecule has 0 unspecified atom stereocenters. The summed E-state index contributed by atoms with van der Waals surface area (Å²) in [5, 5.41) is 18.6. The lowest BCUT2D eigenvalue weighted by molar-refractivity contribution is -0.383. The molecule has 1 aliphatic rings. The van der Waals surface area contributed by atoms with Crippen LogP contribution in [-0.2, 0) is 0 Å². The molecule has 0 spiro atoms. The van der Waals surface area contributed by atoms with Gasteiger partial charge >= 0.3 is 0 Å². The molecule has 0 atom stereocenters. The van der Waals surface area contributed by atoms with Crippen LogP contribution in [0.2, 0.25) is 0 Å². The van der Waals surface area contributed by atoms with Crippen LogP contribution in [0.3, 0.4) is 0 Å². The quantitative estimate of drug-likeness (QED) is 0.546. The zero-order chi connectivity index (χ0) is 17.2. The molecule has 0 amide bonds. The van der Waals surface area contributed by atoms with Crippen molar-refractivity contribution in [3.63, 3.8) is 0 Å². The molecule has 2 aromatic heterocycles. The van der Waals surface area contributed by atoms with E-state index >= 15 is 0 Å². The molecule has 8 nitrogen and oxygen atoms in total. The van der Waals surface area contributed by atoms with E-state index < -0.39 is 4.92 Å². The third-order valence-corrected chi connectivity index (χ3v) is 4.32. The van der Waals surface area contributed by atoms with Gasteiger partial charge in [0.05, 0.1) is 11.2 Å². The molecule has 1 saturated carbocycles. The SMILES string of the molecule is O=[N+]([O-])c1cc(-c2nc(-c3ccco3)no2)ccc1NC1CCCC1. The smallest absolute Gasteiger partial charge is 0.293 e. The maximum Gasteiger partial charge on any atom is 0.293 e. The van der Waals surface area contributed by atoms with Crippen LogP contribution >= 0.6 is 0 Å². The van der Waals surface area contributed by atoms with Crippen molar-refractivity contribution in [2.75, 3.05) is 5.32 Å². The van der Waals surface area contributed by atoms with Crippen molar-refractivity contribution >= 4 is 11.4 Å². The first-order valence-corrected chi connectivity index (χ1v) is 8.13. The molecule has 4 rings (SSSR count). The molecule has 1 aromatic carbocycles. The van der Waals surface area contributed by atoms with Crippen molar-refractivity contribution < 1.29 is 13.9 Å². The van der Waals surface area contributed by atoms with E-state index in [0.717, 1.165) is 25.7 Å². The molecule has 128 valence electrons. The lowest BCUT2D eigenvalue weighted by Gasteiger charge is -2.13. The Hall–Kier alpha value is -3.16. The van der Waals surface area contributed by atoms with E-state index in [4.69, 9.17) is 8.94 Å². The third kappa shape index (κ3) is 3.10. The first-order valence-electron chi connectivity index (χ1n) is 8.13. The highest BCUT2D eigenvalue weighted by atomic mass is 16.6. The highest BCUT2D eigenvalue weighted by Crippen LogP contribution is 2.33. The van der Waals surface area contributed by atoms with Gasteiger partial charge in [-0.3, -0.25) is 10.1 Å². The van der Waals surface area contributed by atoms with Crippen molar-refractivity contribution in [2.24, 2.45) is 0 Å². The van der Waals surface area contributed by atoms with Gasteiger partial charge in [-0.1, -0.05) is 18.0 Å². The standard InChI is InChI=1S/C17H16N4O4/c22-21(23)14-10-11(7-8-13(14)18-12-4-1-2-5-12)17-19-16(20-25-17)15-6-3-9-24-15/h3,6-10,12,18H,1-2,4-5H2. The van der Waals surface area contributed by atoms with E-state index in [1.807, 2.05) is 0 Å². The van der Waals surface area contributed by atoms with Gasteiger partial charge in [0.25, 0.3) is 11.6 Å². The molecule has 1 N–H and O–H groups in total. The second-order valence-corrected chi connectivity index (χ2v) is 6.02. The van der Waals surface area contributed by atoms with Crippen LogP contribution in [0.4, 0.5) is 11.4 Å². The van der Waals surface area contributed by atoms with Gasteiger partial charge in [0.2, 0.25) is 5.82 Å². The number of hydrogen-bond acceptors (Lipinski definition) is 7. The maximum absolute atomic E-state index is 11.5. The third-order valence-electron chi connectivity index (χ3n) is 4.32. The first-order chi connectivity index (χ1) is 12.2. The fraction of sp³-hybridized carbons (Fsp3) is 0.294. The summed E-state index contributed by atoms with van der Waals surface area (Å²) in [5.41, 5.74) is 1.02. The Morgan fingerprint density at radius 1 is 1.24 bits per heavy atom. The molecule has 0 bridgehead atoms. The van der Waals surface area contributed by atoms with Gasteiger partial charge in [-0.25, -0.2) is 0 Å². The molecule has 1 fully saturated rings. The fourth-order valence-electron chi connectivity index (χ4n) is 3.07. The number of anilines is 1. The van der Waals surface area contributed by atoms with E-state index in [9.17, 15) is 10.1 Å². The second-order valence-electron chi connectivity index (χ2n) is 6.02. The minimum atomic E-state index is -0.398. The Morgan fingerprint density at radius 2 is 2.08 bits per heavy atom. The molecular weight excluding hydrogens is 324 g/mol. The van der Waals surface area contributed by atoms with Gasteiger partial charge in [0.1, 0.15) is 5.69 Å². The molecule has 0 saturated heterocycles. The Kier molecular flexibility index (Phi) is 3.93. The Morgan fingerprint density at radius 3 is 2.80 bits per heavy atom. The van der Waals surface area contributed by atoms with Gasteiger partial charge in [-0.05, 0) is 37.1 Å². The zero-order valence-corrected chi connectivity index (χ0v) is 13.3. The number of hydrogen-bond donors (Lipinski definition) is 1. The van der Waals surface area contributed by atoms with Gasteiger partial charge in [0, 0.05) is 17.7 Å². The minimum absolute atomic E-state index is 0.00199. The Labute approximate surface area is 143 Å². The van der Waals surface area contributed by atoms with E-state index in [0.29, 0.717) is 28.9 Å². The summed E-state index contributed by atoms with van der Waals surface area (Å²) < 4.78 is 10.4. The average molecular weight is 340 g/mol. The van der Waals surface area contributed by atoms with Gasteiger partial charge < -0.3 is 14.3 Å². The van der Waals surface area contributed by atoms with Crippen LogP contribution < -0.4 is 5.32 Å². The van der Waals surface area contributed by atoms with Crippen molar-refractivity contribution in [1.82, 2.24) is 10.1 Å². The number of aromatic nitrogens is 2. The molecule has 1 aliphatic carbocycles. The number of nitrogens with one attached hydrogen (secondary N) is 1. The number of rotatable bonds is 5. The molecule has 8 heteroatoms. The monoisotopic (exact) mass is 340 g/mol. The normalized spacial score (nSPS) is 14.7. The summed E-state index contributed by atoms with van der Waals surface area (Å²) in [6.45, 7) is 0. The number of nitro groups is 1. The van der Waals surface area contributed by atoms with Crippen LogP contribution in [0.1, 0.15) is 25.7 Å². The summed E-state index contributed by atoms with van der Waals surface area (Å²) in [5.74, 6) is 0.988. The number of nitrogens with zero attached hydrogens (tertiary/aromatic N) is 3. The largest absolute Gasteiger partial charge is 0.461 e. The van der Waals surface area contributed by atoms with Gasteiger partial charge in [-0.2, -0.15) is 4.98 Å². The van der Waals surface area contributed by atoms with Crippen molar-refractivity contribution in [1.29, 1.82) is 0 Å². The van der Waals surface area contributed by atoms with Crippen LogP contribution in [0.25, 0.3) is 23.0 Å². The molecule has 25 heavy (non-hydrogen) atoms. The lowest BCUT2D eigenvalue weighted by atomic mass is 10.1. The Balaban J connectivity index is 1.64. The maximum atomic E-state index is 11.5. The molecule has 0 radical (unpaired) electrons. The Bertz CT molecular complexity index is 882. The number of benzene rings is 1. The first kappa shape index (κ1) is 15.4. The minimum Gasteiger partial charge on any atom is -0.461 e.